The summed E-state index contributed by atoms with van der Waals surface area (Å²) in [6.07, 6.45) is 7.46. The maximum atomic E-state index is 13.5. The Balaban J connectivity index is 1.35. The summed E-state index contributed by atoms with van der Waals surface area (Å²) < 4.78 is 34.5. The van der Waals surface area contributed by atoms with Gasteiger partial charge >= 0.3 is 0 Å². The summed E-state index contributed by atoms with van der Waals surface area (Å²) in [6.45, 7) is 5.97. The molecule has 0 radical (unpaired) electrons. The smallest absolute Gasteiger partial charge is 0.243 e. The Morgan fingerprint density at radius 3 is 2.39 bits per heavy atom. The zero-order valence-corrected chi connectivity index (χ0v) is 17.7. The van der Waals surface area contributed by atoms with E-state index in [1.165, 1.54) is 31.5 Å². The van der Waals surface area contributed by atoms with Gasteiger partial charge in [-0.05, 0) is 87.2 Å². The van der Waals surface area contributed by atoms with E-state index in [2.05, 4.69) is 11.8 Å². The van der Waals surface area contributed by atoms with E-state index in [-0.39, 0.29) is 12.1 Å². The summed E-state index contributed by atoms with van der Waals surface area (Å²) in [4.78, 5) is 3.10. The second kappa shape index (κ2) is 7.38. The van der Waals surface area contributed by atoms with Gasteiger partial charge in [-0.3, -0.25) is 0 Å². The molecule has 1 aromatic carbocycles. The lowest BCUT2D eigenvalue weighted by atomic mass is 9.93. The molecule has 4 aliphatic heterocycles. The van der Waals surface area contributed by atoms with Crippen LogP contribution in [-0.2, 0) is 27.8 Å². The van der Waals surface area contributed by atoms with E-state index in [9.17, 15) is 8.42 Å². The predicted molar refractivity (Wildman–Crippen MR) is 109 cm³/mol. The molecule has 0 aliphatic carbocycles. The van der Waals surface area contributed by atoms with Crippen molar-refractivity contribution in [1.82, 2.24) is 9.21 Å². The first-order chi connectivity index (χ1) is 13.5. The largest absolute Gasteiger partial charge is 0.376 e. The molecule has 0 amide bonds. The van der Waals surface area contributed by atoms with E-state index in [0.29, 0.717) is 17.5 Å². The lowest BCUT2D eigenvalue weighted by molar-refractivity contribution is 0.0759. The van der Waals surface area contributed by atoms with Gasteiger partial charge in [0.05, 0.1) is 18.1 Å². The highest BCUT2D eigenvalue weighted by Crippen LogP contribution is 2.42. The minimum Gasteiger partial charge on any atom is -0.376 e. The van der Waals surface area contributed by atoms with Gasteiger partial charge in [-0.1, -0.05) is 13.0 Å². The van der Waals surface area contributed by atoms with Crippen molar-refractivity contribution in [2.24, 2.45) is 5.92 Å². The van der Waals surface area contributed by atoms with E-state index in [0.717, 1.165) is 50.2 Å². The van der Waals surface area contributed by atoms with E-state index in [1.54, 1.807) is 0 Å². The second-order valence-corrected chi connectivity index (χ2v) is 11.1. The highest BCUT2D eigenvalue weighted by Gasteiger charge is 2.48. The summed E-state index contributed by atoms with van der Waals surface area (Å²) >= 11 is 0. The second-order valence-electron chi connectivity index (χ2n) is 9.30. The van der Waals surface area contributed by atoms with Gasteiger partial charge in [0.15, 0.2) is 0 Å². The Hall–Kier alpha value is -0.950. The minimum absolute atomic E-state index is 0.167. The summed E-state index contributed by atoms with van der Waals surface area (Å²) in [5, 5.41) is 0. The fourth-order valence-corrected chi connectivity index (χ4v) is 7.76. The van der Waals surface area contributed by atoms with Crippen LogP contribution in [0.15, 0.2) is 23.1 Å². The number of fused-ring (bicyclic) bond motifs is 3. The monoisotopic (exact) mass is 404 g/mol. The van der Waals surface area contributed by atoms with Crippen LogP contribution in [0, 0.1) is 5.92 Å². The van der Waals surface area contributed by atoms with Crippen LogP contribution in [0.1, 0.15) is 56.6 Å². The number of benzene rings is 1. The number of piperidine rings is 2. The molecule has 3 atom stereocenters. The Morgan fingerprint density at radius 1 is 0.964 bits per heavy atom. The summed E-state index contributed by atoms with van der Waals surface area (Å²) in [5.41, 5.74) is 2.27. The Kier molecular flexibility index (Phi) is 5.02. The number of likely N-dealkylation sites (tertiary alicyclic amines) is 1. The molecule has 0 spiro atoms. The Bertz CT molecular complexity index is 818. The van der Waals surface area contributed by atoms with Crippen molar-refractivity contribution in [2.45, 2.75) is 81.5 Å². The van der Waals surface area contributed by atoms with Crippen LogP contribution in [0.3, 0.4) is 0 Å². The third kappa shape index (κ3) is 3.32. The standard InChI is InChI=1S/C22H32N2O3S/c1-16-6-9-23(10-7-16)21-13-19-3-4-20(14-21)24(19)28(25,26)22-5-2-17-8-11-27-15-18(17)12-22/h2,5,12,16,19-21H,3-4,6-11,13-15H2,1H3/t19-,20+,21?. The van der Waals surface area contributed by atoms with Gasteiger partial charge in [0.2, 0.25) is 10.0 Å². The van der Waals surface area contributed by atoms with Crippen LogP contribution < -0.4 is 0 Å². The molecule has 5 rings (SSSR count). The number of rotatable bonds is 3. The molecule has 4 aliphatic rings. The Labute approximate surface area is 169 Å². The molecule has 3 fully saturated rings. The summed E-state index contributed by atoms with van der Waals surface area (Å²) in [6, 6.07) is 6.57. The van der Waals surface area contributed by atoms with Gasteiger partial charge in [-0.25, -0.2) is 8.42 Å². The van der Waals surface area contributed by atoms with Crippen molar-refractivity contribution in [3.63, 3.8) is 0 Å². The average molecular weight is 405 g/mol. The quantitative estimate of drug-likeness (QED) is 0.776. The molecule has 2 bridgehead atoms. The lowest BCUT2D eigenvalue weighted by Gasteiger charge is -2.44. The molecule has 0 aromatic heterocycles. The van der Waals surface area contributed by atoms with Gasteiger partial charge in [0, 0.05) is 18.1 Å². The van der Waals surface area contributed by atoms with Gasteiger partial charge in [0.1, 0.15) is 0 Å². The number of hydrogen-bond acceptors (Lipinski definition) is 4. The van der Waals surface area contributed by atoms with E-state index in [4.69, 9.17) is 4.74 Å². The SMILES string of the molecule is CC1CCN(C2C[C@H]3CC[C@@H](C2)N3S(=O)(=O)c2ccc3c(c2)COCC3)CC1. The minimum atomic E-state index is -3.44. The molecule has 6 heteroatoms. The van der Waals surface area contributed by atoms with Crippen molar-refractivity contribution >= 4 is 10.0 Å². The number of ether oxygens (including phenoxy) is 1. The molecule has 4 heterocycles. The van der Waals surface area contributed by atoms with Crippen LogP contribution in [0.5, 0.6) is 0 Å². The van der Waals surface area contributed by atoms with Crippen molar-refractivity contribution in [3.8, 4) is 0 Å². The third-order valence-electron chi connectivity index (χ3n) is 7.50. The third-order valence-corrected chi connectivity index (χ3v) is 9.50. The molecule has 1 unspecified atom stereocenters. The average Bonchev–Trinajstić information content (AvgIpc) is 2.99. The van der Waals surface area contributed by atoms with Gasteiger partial charge in [0.25, 0.3) is 0 Å². The summed E-state index contributed by atoms with van der Waals surface area (Å²) in [7, 11) is -3.44. The highest BCUT2D eigenvalue weighted by atomic mass is 32.2. The van der Waals surface area contributed by atoms with Crippen molar-refractivity contribution in [3.05, 3.63) is 29.3 Å². The normalized spacial score (nSPS) is 32.4. The molecule has 154 valence electrons. The van der Waals surface area contributed by atoms with Crippen LogP contribution in [0.25, 0.3) is 0 Å². The first-order valence-corrected chi connectivity index (χ1v) is 12.4. The van der Waals surface area contributed by atoms with Crippen LogP contribution in [-0.4, -0.2) is 55.4 Å². The lowest BCUT2D eigenvalue weighted by Crippen LogP contribution is -2.53. The maximum absolute atomic E-state index is 13.5. The Morgan fingerprint density at radius 2 is 1.68 bits per heavy atom. The molecular weight excluding hydrogens is 372 g/mol. The number of hydrogen-bond donors (Lipinski definition) is 0. The molecule has 0 saturated carbocycles. The van der Waals surface area contributed by atoms with Crippen LogP contribution in [0.2, 0.25) is 0 Å². The fourth-order valence-electron chi connectivity index (χ4n) is 5.82. The molecule has 1 aromatic rings. The zero-order chi connectivity index (χ0) is 19.3. The topological polar surface area (TPSA) is 49.9 Å². The van der Waals surface area contributed by atoms with E-state index < -0.39 is 10.0 Å². The first kappa shape index (κ1) is 19.0. The fraction of sp³-hybridized carbons (Fsp3) is 0.727. The molecule has 0 N–H and O–H groups in total. The predicted octanol–water partition coefficient (Wildman–Crippen LogP) is 3.18. The van der Waals surface area contributed by atoms with E-state index in [1.807, 2.05) is 22.5 Å². The van der Waals surface area contributed by atoms with Crippen molar-refractivity contribution in [1.29, 1.82) is 0 Å². The first-order valence-electron chi connectivity index (χ1n) is 11.0. The maximum Gasteiger partial charge on any atom is 0.243 e. The van der Waals surface area contributed by atoms with E-state index >= 15 is 0 Å². The molecular formula is C22H32N2O3S. The molecule has 3 saturated heterocycles. The number of nitrogens with zero attached hydrogens (tertiary/aromatic N) is 2. The van der Waals surface area contributed by atoms with Gasteiger partial charge < -0.3 is 9.64 Å². The van der Waals surface area contributed by atoms with Crippen molar-refractivity contribution < 1.29 is 13.2 Å². The van der Waals surface area contributed by atoms with Crippen LogP contribution in [0.4, 0.5) is 0 Å². The summed E-state index contributed by atoms with van der Waals surface area (Å²) in [5.74, 6) is 0.835. The van der Waals surface area contributed by atoms with Crippen LogP contribution >= 0.6 is 0 Å². The highest BCUT2D eigenvalue weighted by molar-refractivity contribution is 7.89. The molecule has 28 heavy (non-hydrogen) atoms. The molecule has 5 nitrogen and oxygen atoms in total. The van der Waals surface area contributed by atoms with Gasteiger partial charge in [-0.2, -0.15) is 4.31 Å². The van der Waals surface area contributed by atoms with Crippen molar-refractivity contribution in [2.75, 3.05) is 19.7 Å². The number of sulfonamides is 1. The zero-order valence-electron chi connectivity index (χ0n) is 16.8. The van der Waals surface area contributed by atoms with Gasteiger partial charge in [-0.15, -0.1) is 0 Å².